The highest BCUT2D eigenvalue weighted by Gasteiger charge is 2.37. The smallest absolute Gasteiger partial charge is 0.416 e. The van der Waals surface area contributed by atoms with E-state index in [1.807, 2.05) is 26.8 Å². The summed E-state index contributed by atoms with van der Waals surface area (Å²) < 4.78 is 86.9. The Balaban J connectivity index is 1.74. The zero-order valence-corrected chi connectivity index (χ0v) is 25.1. The predicted molar refractivity (Wildman–Crippen MR) is 152 cm³/mol. The summed E-state index contributed by atoms with van der Waals surface area (Å²) >= 11 is 0. The molecule has 1 aliphatic carbocycles. The van der Waals surface area contributed by atoms with Crippen molar-refractivity contribution in [2.45, 2.75) is 85.2 Å². The maximum atomic E-state index is 13.6. The van der Waals surface area contributed by atoms with E-state index in [1.54, 1.807) is 6.92 Å². The van der Waals surface area contributed by atoms with Gasteiger partial charge in [-0.15, -0.1) is 0 Å². The lowest BCUT2D eigenvalue weighted by Crippen LogP contribution is -2.31. The van der Waals surface area contributed by atoms with Crippen LogP contribution in [0.25, 0.3) is 0 Å². The molecular weight excluding hydrogens is 590 g/mol. The first-order valence-corrected chi connectivity index (χ1v) is 14.4. The Labute approximate surface area is 251 Å². The van der Waals surface area contributed by atoms with Gasteiger partial charge in [0.1, 0.15) is 0 Å². The van der Waals surface area contributed by atoms with Gasteiger partial charge < -0.3 is 19.4 Å². The Morgan fingerprint density at radius 2 is 1.55 bits per heavy atom. The van der Waals surface area contributed by atoms with Crippen LogP contribution < -0.4 is 9.80 Å². The Morgan fingerprint density at radius 3 is 2.07 bits per heavy atom. The van der Waals surface area contributed by atoms with Gasteiger partial charge in [-0.1, -0.05) is 19.9 Å². The number of benzene rings is 2. The Bertz CT molecular complexity index is 1450. The summed E-state index contributed by atoms with van der Waals surface area (Å²) in [6.45, 7) is 8.17. The average Bonchev–Trinajstić information content (AvgIpc) is 3.55. The SMILES string of the molecule is CCN(CCC(C)(C)CC(=O)O)c1cc2c(cc1CN(Cc1cc(C(F)(F)F)cc(C(F)(F)F)c1)c1noc(C)n1)CCC2. The van der Waals surface area contributed by atoms with E-state index in [4.69, 9.17) is 4.52 Å². The molecule has 1 N–H and O–H groups in total. The van der Waals surface area contributed by atoms with E-state index < -0.39 is 34.9 Å². The van der Waals surface area contributed by atoms with Crippen molar-refractivity contribution in [3.05, 3.63) is 69.6 Å². The van der Waals surface area contributed by atoms with Crippen LogP contribution in [0.4, 0.5) is 38.0 Å². The number of carbonyl (C=O) groups is 1. The number of carboxylic acid groups (broad SMARTS) is 1. The van der Waals surface area contributed by atoms with Crippen LogP contribution in [0.15, 0.2) is 34.9 Å². The van der Waals surface area contributed by atoms with Gasteiger partial charge in [0, 0.05) is 38.8 Å². The van der Waals surface area contributed by atoms with E-state index in [-0.39, 0.29) is 43.0 Å². The molecule has 1 heterocycles. The number of halogens is 6. The van der Waals surface area contributed by atoms with Gasteiger partial charge in [-0.05, 0) is 89.7 Å². The first-order chi connectivity index (χ1) is 20.4. The van der Waals surface area contributed by atoms with E-state index in [2.05, 4.69) is 21.1 Å². The number of fused-ring (bicyclic) bond motifs is 1. The molecular formula is C31H36F6N4O3. The highest BCUT2D eigenvalue weighted by atomic mass is 19.4. The molecule has 0 radical (unpaired) electrons. The number of carboxylic acids is 1. The summed E-state index contributed by atoms with van der Waals surface area (Å²) in [7, 11) is 0. The second kappa shape index (κ2) is 12.7. The molecule has 240 valence electrons. The molecule has 2 aromatic carbocycles. The zero-order chi connectivity index (χ0) is 32.4. The summed E-state index contributed by atoms with van der Waals surface area (Å²) in [6, 6.07) is 5.66. The maximum absolute atomic E-state index is 13.6. The van der Waals surface area contributed by atoms with Crippen LogP contribution in [-0.4, -0.2) is 34.3 Å². The standard InChI is InChI=1S/C31H36F6N4O3/c1-5-40(10-9-29(3,4)16-27(42)43)26-14-22-8-6-7-21(22)13-23(26)18-41(28-38-19(2)44-39-28)17-20-11-24(30(32,33)34)15-25(12-20)31(35,36)37/h11-15H,5-10,16-18H2,1-4H3,(H,42,43). The minimum absolute atomic E-state index is 0.00343. The van der Waals surface area contributed by atoms with Crippen molar-refractivity contribution in [2.24, 2.45) is 5.41 Å². The number of aromatic nitrogens is 2. The molecule has 7 nitrogen and oxygen atoms in total. The van der Waals surface area contributed by atoms with Gasteiger partial charge >= 0.3 is 18.3 Å². The van der Waals surface area contributed by atoms with Crippen LogP contribution in [0.1, 0.15) is 79.3 Å². The monoisotopic (exact) mass is 626 g/mol. The molecule has 1 aromatic heterocycles. The third kappa shape index (κ3) is 8.23. The molecule has 0 saturated carbocycles. The Kier molecular flexibility index (Phi) is 9.55. The fourth-order valence-electron chi connectivity index (χ4n) is 5.62. The number of aliphatic carboxylic acids is 1. The molecule has 0 unspecified atom stereocenters. The van der Waals surface area contributed by atoms with Crippen LogP contribution in [0.5, 0.6) is 0 Å². The van der Waals surface area contributed by atoms with Gasteiger partial charge in [0.05, 0.1) is 17.5 Å². The maximum Gasteiger partial charge on any atom is 0.416 e. The normalized spacial score (nSPS) is 13.7. The first-order valence-electron chi connectivity index (χ1n) is 14.4. The lowest BCUT2D eigenvalue weighted by molar-refractivity contribution is -0.143. The molecule has 0 aliphatic heterocycles. The third-order valence-electron chi connectivity index (χ3n) is 7.89. The summed E-state index contributed by atoms with van der Waals surface area (Å²) in [5.41, 5.74) is 0.509. The number of nitrogens with zero attached hydrogens (tertiary/aromatic N) is 4. The van der Waals surface area contributed by atoms with Crippen LogP contribution in [0.2, 0.25) is 0 Å². The average molecular weight is 627 g/mol. The van der Waals surface area contributed by atoms with Crippen LogP contribution in [0, 0.1) is 12.3 Å². The molecule has 0 amide bonds. The third-order valence-corrected chi connectivity index (χ3v) is 7.89. The van der Waals surface area contributed by atoms with E-state index in [1.165, 1.54) is 10.5 Å². The molecule has 3 aromatic rings. The summed E-state index contributed by atoms with van der Waals surface area (Å²) in [4.78, 5) is 19.3. The van der Waals surface area contributed by atoms with Gasteiger partial charge in [0.2, 0.25) is 5.89 Å². The molecule has 4 rings (SSSR count). The van der Waals surface area contributed by atoms with Crippen molar-refractivity contribution in [3.8, 4) is 0 Å². The number of aryl methyl sites for hydroxylation is 3. The molecule has 1 aliphatic rings. The number of alkyl halides is 6. The van der Waals surface area contributed by atoms with Gasteiger partial charge in [0.15, 0.2) is 0 Å². The molecule has 0 atom stereocenters. The highest BCUT2D eigenvalue weighted by molar-refractivity contribution is 5.67. The number of hydrogen-bond acceptors (Lipinski definition) is 6. The molecule has 0 bridgehead atoms. The molecule has 0 fully saturated rings. The Hall–Kier alpha value is -3.77. The summed E-state index contributed by atoms with van der Waals surface area (Å²) in [6.07, 6.45) is -6.66. The van der Waals surface area contributed by atoms with Crippen molar-refractivity contribution < 1.29 is 40.8 Å². The lowest BCUT2D eigenvalue weighted by Gasteiger charge is -2.32. The molecule has 13 heteroatoms. The molecule has 0 saturated heterocycles. The van der Waals surface area contributed by atoms with Crippen LogP contribution in [0.3, 0.4) is 0 Å². The van der Waals surface area contributed by atoms with Crippen LogP contribution in [-0.2, 0) is 43.1 Å². The van der Waals surface area contributed by atoms with E-state index in [0.29, 0.717) is 31.6 Å². The van der Waals surface area contributed by atoms with Gasteiger partial charge in [0.25, 0.3) is 5.95 Å². The Morgan fingerprint density at radius 1 is 0.932 bits per heavy atom. The molecule has 44 heavy (non-hydrogen) atoms. The fraction of sp³-hybridized carbons (Fsp3) is 0.516. The van der Waals surface area contributed by atoms with Gasteiger partial charge in [-0.2, -0.15) is 31.3 Å². The second-order valence-electron chi connectivity index (χ2n) is 12.1. The van der Waals surface area contributed by atoms with E-state index in [9.17, 15) is 36.2 Å². The number of hydrogen-bond donors (Lipinski definition) is 1. The number of anilines is 2. The van der Waals surface area contributed by atoms with Crippen molar-refractivity contribution in [3.63, 3.8) is 0 Å². The van der Waals surface area contributed by atoms with Gasteiger partial charge in [-0.25, -0.2) is 0 Å². The quantitative estimate of drug-likeness (QED) is 0.205. The summed E-state index contributed by atoms with van der Waals surface area (Å²) in [5, 5.41) is 13.3. The van der Waals surface area contributed by atoms with Crippen molar-refractivity contribution >= 4 is 17.6 Å². The van der Waals surface area contributed by atoms with Crippen molar-refractivity contribution in [2.75, 3.05) is 22.9 Å². The summed E-state index contributed by atoms with van der Waals surface area (Å²) in [5.74, 6) is -0.661. The van der Waals surface area contributed by atoms with E-state index >= 15 is 0 Å². The van der Waals surface area contributed by atoms with Crippen molar-refractivity contribution in [1.82, 2.24) is 10.1 Å². The van der Waals surface area contributed by atoms with E-state index in [0.717, 1.165) is 36.1 Å². The highest BCUT2D eigenvalue weighted by Crippen LogP contribution is 2.38. The lowest BCUT2D eigenvalue weighted by atomic mass is 9.85. The fourth-order valence-corrected chi connectivity index (χ4v) is 5.62. The van der Waals surface area contributed by atoms with Crippen LogP contribution >= 0.6 is 0 Å². The first kappa shape index (κ1) is 33.1. The molecule has 0 spiro atoms. The largest absolute Gasteiger partial charge is 0.481 e. The topological polar surface area (TPSA) is 82.7 Å². The minimum Gasteiger partial charge on any atom is -0.481 e. The predicted octanol–water partition coefficient (Wildman–Crippen LogP) is 7.83. The number of rotatable bonds is 12. The zero-order valence-electron chi connectivity index (χ0n) is 25.1. The second-order valence-corrected chi connectivity index (χ2v) is 12.1. The van der Waals surface area contributed by atoms with Gasteiger partial charge in [-0.3, -0.25) is 4.79 Å². The van der Waals surface area contributed by atoms with Crippen molar-refractivity contribution in [1.29, 1.82) is 0 Å². The minimum atomic E-state index is -4.98.